The number of urea groups is 1. The second-order valence-corrected chi connectivity index (χ2v) is 5.28. The van der Waals surface area contributed by atoms with Crippen LogP contribution in [0.25, 0.3) is 0 Å². The SMILES string of the molecule is COCCNC(=O)NC(=O)CN(CCO)C1CCCCC1. The molecule has 122 valence electrons. The lowest BCUT2D eigenvalue weighted by atomic mass is 9.94. The highest BCUT2D eigenvalue weighted by Crippen LogP contribution is 2.22. The molecule has 7 nitrogen and oxygen atoms in total. The van der Waals surface area contributed by atoms with Crippen LogP contribution in [-0.2, 0) is 9.53 Å². The number of carbonyl (C=O) groups is 2. The molecular weight excluding hydrogens is 274 g/mol. The number of methoxy groups -OCH3 is 1. The highest BCUT2D eigenvalue weighted by molar-refractivity contribution is 5.95. The third-order valence-corrected chi connectivity index (χ3v) is 3.67. The normalized spacial score (nSPS) is 16.0. The number of hydrogen-bond acceptors (Lipinski definition) is 5. The predicted molar refractivity (Wildman–Crippen MR) is 78.9 cm³/mol. The van der Waals surface area contributed by atoms with Crippen molar-refractivity contribution in [1.82, 2.24) is 15.5 Å². The first kappa shape index (κ1) is 17.9. The first-order chi connectivity index (χ1) is 10.2. The Hall–Kier alpha value is -1.18. The minimum absolute atomic E-state index is 0.0177. The minimum Gasteiger partial charge on any atom is -0.395 e. The summed E-state index contributed by atoms with van der Waals surface area (Å²) in [5, 5.41) is 14.0. The van der Waals surface area contributed by atoms with Crippen molar-refractivity contribution in [2.24, 2.45) is 0 Å². The largest absolute Gasteiger partial charge is 0.395 e. The molecular formula is C14H27N3O4. The second kappa shape index (κ2) is 10.5. The zero-order valence-corrected chi connectivity index (χ0v) is 12.8. The molecule has 1 rings (SSSR count). The van der Waals surface area contributed by atoms with Gasteiger partial charge >= 0.3 is 6.03 Å². The summed E-state index contributed by atoms with van der Waals surface area (Å²) in [7, 11) is 1.54. The molecule has 0 aromatic heterocycles. The average Bonchev–Trinajstić information content (AvgIpc) is 2.48. The first-order valence-corrected chi connectivity index (χ1v) is 7.59. The average molecular weight is 301 g/mol. The molecule has 7 heteroatoms. The van der Waals surface area contributed by atoms with E-state index in [2.05, 4.69) is 10.6 Å². The molecule has 0 atom stereocenters. The fourth-order valence-electron chi connectivity index (χ4n) is 2.63. The van der Waals surface area contributed by atoms with Crippen molar-refractivity contribution in [1.29, 1.82) is 0 Å². The third kappa shape index (κ3) is 7.40. The van der Waals surface area contributed by atoms with E-state index < -0.39 is 6.03 Å². The predicted octanol–water partition coefficient (Wildman–Crippen LogP) is 0.0856. The number of hydrogen-bond donors (Lipinski definition) is 3. The molecule has 0 bridgehead atoms. The quantitative estimate of drug-likeness (QED) is 0.553. The minimum atomic E-state index is -0.510. The van der Waals surface area contributed by atoms with Crippen LogP contribution in [0.2, 0.25) is 0 Å². The van der Waals surface area contributed by atoms with Crippen molar-refractivity contribution in [3.63, 3.8) is 0 Å². The maximum absolute atomic E-state index is 11.9. The maximum Gasteiger partial charge on any atom is 0.321 e. The molecule has 1 saturated carbocycles. The van der Waals surface area contributed by atoms with E-state index in [4.69, 9.17) is 9.84 Å². The maximum atomic E-state index is 11.9. The number of amides is 3. The summed E-state index contributed by atoms with van der Waals surface area (Å²) in [6, 6.07) is -0.183. The number of aliphatic hydroxyl groups excluding tert-OH is 1. The van der Waals surface area contributed by atoms with E-state index in [-0.39, 0.29) is 19.1 Å². The van der Waals surface area contributed by atoms with Gasteiger partial charge in [0.05, 0.1) is 19.8 Å². The molecule has 1 fully saturated rings. The summed E-state index contributed by atoms with van der Waals surface area (Å²) in [4.78, 5) is 25.3. The number of aliphatic hydroxyl groups is 1. The van der Waals surface area contributed by atoms with Gasteiger partial charge in [-0.25, -0.2) is 4.79 Å². The Morgan fingerprint density at radius 2 is 2.00 bits per heavy atom. The van der Waals surface area contributed by atoms with Crippen LogP contribution >= 0.6 is 0 Å². The van der Waals surface area contributed by atoms with Gasteiger partial charge in [-0.2, -0.15) is 0 Å². The Bertz CT molecular complexity index is 319. The van der Waals surface area contributed by atoms with E-state index >= 15 is 0 Å². The van der Waals surface area contributed by atoms with Crippen LogP contribution in [0.1, 0.15) is 32.1 Å². The van der Waals surface area contributed by atoms with Crippen LogP contribution in [0.5, 0.6) is 0 Å². The molecule has 3 amide bonds. The second-order valence-electron chi connectivity index (χ2n) is 5.28. The van der Waals surface area contributed by atoms with Crippen LogP contribution < -0.4 is 10.6 Å². The summed E-state index contributed by atoms with van der Waals surface area (Å²) in [5.41, 5.74) is 0. The van der Waals surface area contributed by atoms with Gasteiger partial charge in [0.2, 0.25) is 5.91 Å². The first-order valence-electron chi connectivity index (χ1n) is 7.59. The van der Waals surface area contributed by atoms with E-state index in [9.17, 15) is 9.59 Å². The molecule has 0 saturated heterocycles. The van der Waals surface area contributed by atoms with Gasteiger partial charge in [0, 0.05) is 26.2 Å². The molecule has 0 unspecified atom stereocenters. The number of imide groups is 1. The van der Waals surface area contributed by atoms with Gasteiger partial charge in [0.15, 0.2) is 0 Å². The van der Waals surface area contributed by atoms with E-state index in [0.717, 1.165) is 25.7 Å². The number of nitrogens with zero attached hydrogens (tertiary/aromatic N) is 1. The fourth-order valence-corrected chi connectivity index (χ4v) is 2.63. The van der Waals surface area contributed by atoms with Gasteiger partial charge < -0.3 is 15.2 Å². The van der Waals surface area contributed by atoms with Gasteiger partial charge in [-0.3, -0.25) is 15.0 Å². The van der Waals surface area contributed by atoms with Gasteiger partial charge in [0.1, 0.15) is 0 Å². The lowest BCUT2D eigenvalue weighted by Crippen LogP contribution is -2.48. The Morgan fingerprint density at radius 1 is 1.29 bits per heavy atom. The fraction of sp³-hybridized carbons (Fsp3) is 0.857. The molecule has 0 radical (unpaired) electrons. The van der Waals surface area contributed by atoms with Crippen molar-refractivity contribution in [2.75, 3.05) is 40.0 Å². The topological polar surface area (TPSA) is 90.9 Å². The van der Waals surface area contributed by atoms with E-state index in [1.165, 1.54) is 6.42 Å². The lowest BCUT2D eigenvalue weighted by molar-refractivity contribution is -0.122. The van der Waals surface area contributed by atoms with Crippen molar-refractivity contribution in [3.8, 4) is 0 Å². The molecule has 0 aromatic carbocycles. The van der Waals surface area contributed by atoms with Crippen LogP contribution in [0.15, 0.2) is 0 Å². The molecule has 1 aliphatic rings. The van der Waals surface area contributed by atoms with Crippen LogP contribution in [0.3, 0.4) is 0 Å². The van der Waals surface area contributed by atoms with E-state index in [0.29, 0.717) is 25.7 Å². The van der Waals surface area contributed by atoms with Crippen LogP contribution in [0.4, 0.5) is 4.79 Å². The lowest BCUT2D eigenvalue weighted by Gasteiger charge is -2.33. The van der Waals surface area contributed by atoms with Crippen molar-refractivity contribution in [2.45, 2.75) is 38.1 Å². The molecule has 0 spiro atoms. The summed E-state index contributed by atoms with van der Waals surface area (Å²) >= 11 is 0. The molecule has 0 aliphatic heterocycles. The van der Waals surface area contributed by atoms with Crippen molar-refractivity contribution >= 4 is 11.9 Å². The zero-order valence-electron chi connectivity index (χ0n) is 12.8. The Labute approximate surface area is 126 Å². The Balaban J connectivity index is 2.35. The summed E-state index contributed by atoms with van der Waals surface area (Å²) < 4.78 is 4.81. The highest BCUT2D eigenvalue weighted by atomic mass is 16.5. The molecule has 0 aromatic rings. The van der Waals surface area contributed by atoms with E-state index in [1.54, 1.807) is 7.11 Å². The van der Waals surface area contributed by atoms with Gasteiger partial charge in [-0.05, 0) is 12.8 Å². The van der Waals surface area contributed by atoms with Crippen LogP contribution in [-0.4, -0.2) is 67.9 Å². The Kier molecular flexibility index (Phi) is 8.96. The number of rotatable bonds is 8. The zero-order chi connectivity index (χ0) is 15.5. The molecule has 1 aliphatic carbocycles. The summed E-state index contributed by atoms with van der Waals surface area (Å²) in [6.45, 7) is 1.38. The number of ether oxygens (including phenoxy) is 1. The molecule has 3 N–H and O–H groups in total. The Morgan fingerprint density at radius 3 is 2.62 bits per heavy atom. The van der Waals surface area contributed by atoms with Gasteiger partial charge in [0.25, 0.3) is 0 Å². The van der Waals surface area contributed by atoms with Crippen LogP contribution in [0, 0.1) is 0 Å². The summed E-state index contributed by atoms with van der Waals surface area (Å²) in [6.07, 6.45) is 5.65. The van der Waals surface area contributed by atoms with Gasteiger partial charge in [-0.1, -0.05) is 19.3 Å². The molecule has 21 heavy (non-hydrogen) atoms. The molecule has 0 heterocycles. The van der Waals surface area contributed by atoms with Gasteiger partial charge in [-0.15, -0.1) is 0 Å². The smallest absolute Gasteiger partial charge is 0.321 e. The third-order valence-electron chi connectivity index (χ3n) is 3.67. The highest BCUT2D eigenvalue weighted by Gasteiger charge is 2.23. The summed E-state index contributed by atoms with van der Waals surface area (Å²) in [5.74, 6) is -0.344. The monoisotopic (exact) mass is 301 g/mol. The van der Waals surface area contributed by atoms with E-state index in [1.807, 2.05) is 4.90 Å². The number of nitrogens with one attached hydrogen (secondary N) is 2. The number of carbonyl (C=O) groups excluding carboxylic acids is 2. The standard InChI is InChI=1S/C14H27N3O4/c1-21-10-7-15-14(20)16-13(19)11-17(8-9-18)12-5-3-2-4-6-12/h12,18H,2-11H2,1H3,(H2,15,16,19,20). The van der Waals surface area contributed by atoms with Crippen molar-refractivity contribution < 1.29 is 19.4 Å². The van der Waals surface area contributed by atoms with Crippen molar-refractivity contribution in [3.05, 3.63) is 0 Å².